The van der Waals surface area contributed by atoms with E-state index in [-0.39, 0.29) is 17.7 Å². The van der Waals surface area contributed by atoms with Crippen LogP contribution in [0.4, 0.5) is 0 Å². The van der Waals surface area contributed by atoms with E-state index < -0.39 is 6.04 Å². The number of rotatable bonds is 5. The van der Waals surface area contributed by atoms with Crippen molar-refractivity contribution in [2.75, 3.05) is 13.7 Å². The minimum absolute atomic E-state index is 0.0272. The Morgan fingerprint density at radius 1 is 1.26 bits per heavy atom. The topological polar surface area (TPSA) is 87.3 Å². The number of nitrogens with zero attached hydrogens (tertiary/aromatic N) is 2. The van der Waals surface area contributed by atoms with Crippen molar-refractivity contribution in [3.05, 3.63) is 35.7 Å². The first kappa shape index (κ1) is 18.9. The van der Waals surface area contributed by atoms with Crippen LogP contribution in [0.25, 0.3) is 11.4 Å². The monoisotopic (exact) mass is 370 g/mol. The van der Waals surface area contributed by atoms with Crippen molar-refractivity contribution in [1.82, 2.24) is 20.2 Å². The standard InChI is InChI=1S/C20H26N4O3/c1-12(2)18(21-13(3)25)20(26)24-10-9-16-17(11-24)23-19(22-16)14-5-7-15(27-4)8-6-14/h5-8,12,18H,9-11H2,1-4H3,(H,21,25)(H,22,23). The van der Waals surface area contributed by atoms with E-state index in [9.17, 15) is 9.59 Å². The van der Waals surface area contributed by atoms with Gasteiger partial charge in [-0.15, -0.1) is 0 Å². The number of aromatic nitrogens is 2. The number of amides is 2. The van der Waals surface area contributed by atoms with Gasteiger partial charge >= 0.3 is 0 Å². The predicted octanol–water partition coefficient (Wildman–Crippen LogP) is 2.13. The number of benzene rings is 1. The molecule has 1 atom stereocenters. The zero-order valence-corrected chi connectivity index (χ0v) is 16.2. The molecule has 0 radical (unpaired) electrons. The van der Waals surface area contributed by atoms with Crippen molar-refractivity contribution in [1.29, 1.82) is 0 Å². The number of hydrogen-bond donors (Lipinski definition) is 2. The highest BCUT2D eigenvalue weighted by Gasteiger charge is 2.31. The molecule has 144 valence electrons. The van der Waals surface area contributed by atoms with E-state index in [0.29, 0.717) is 19.5 Å². The molecule has 7 heteroatoms. The first-order valence-electron chi connectivity index (χ1n) is 9.17. The summed E-state index contributed by atoms with van der Waals surface area (Å²) in [5.41, 5.74) is 2.91. The van der Waals surface area contributed by atoms with Crippen LogP contribution in [0.5, 0.6) is 5.75 Å². The highest BCUT2D eigenvalue weighted by atomic mass is 16.5. The zero-order chi connectivity index (χ0) is 19.6. The zero-order valence-electron chi connectivity index (χ0n) is 16.2. The van der Waals surface area contributed by atoms with Crippen LogP contribution in [0.15, 0.2) is 24.3 Å². The molecule has 1 aromatic heterocycles. The largest absolute Gasteiger partial charge is 0.497 e. The van der Waals surface area contributed by atoms with Crippen molar-refractivity contribution < 1.29 is 14.3 Å². The molecule has 0 bridgehead atoms. The molecule has 1 aliphatic heterocycles. The molecule has 2 N–H and O–H groups in total. The van der Waals surface area contributed by atoms with Gasteiger partial charge < -0.3 is 19.9 Å². The fraction of sp³-hybridized carbons (Fsp3) is 0.450. The average molecular weight is 370 g/mol. The summed E-state index contributed by atoms with van der Waals surface area (Å²) in [6, 6.07) is 7.20. The summed E-state index contributed by atoms with van der Waals surface area (Å²) in [4.78, 5) is 34.2. The Morgan fingerprint density at radius 2 is 1.96 bits per heavy atom. The number of carbonyl (C=O) groups excluding carboxylic acids is 2. The van der Waals surface area contributed by atoms with Gasteiger partial charge in [0.15, 0.2) is 0 Å². The molecular formula is C20H26N4O3. The minimum Gasteiger partial charge on any atom is -0.497 e. The van der Waals surface area contributed by atoms with E-state index in [1.807, 2.05) is 38.1 Å². The van der Waals surface area contributed by atoms with Crippen molar-refractivity contribution >= 4 is 11.8 Å². The highest BCUT2D eigenvalue weighted by molar-refractivity contribution is 5.87. The third-order valence-corrected chi connectivity index (χ3v) is 4.80. The molecule has 0 aliphatic carbocycles. The second kappa shape index (κ2) is 7.82. The molecule has 27 heavy (non-hydrogen) atoms. The Bertz CT molecular complexity index is 826. The van der Waals surface area contributed by atoms with Gasteiger partial charge in [0, 0.05) is 25.5 Å². The molecule has 2 aromatic rings. The highest BCUT2D eigenvalue weighted by Crippen LogP contribution is 2.25. The average Bonchev–Trinajstić information content (AvgIpc) is 3.08. The van der Waals surface area contributed by atoms with Crippen molar-refractivity contribution in [3.8, 4) is 17.1 Å². The Kier molecular flexibility index (Phi) is 5.48. The molecule has 1 unspecified atom stereocenters. The van der Waals surface area contributed by atoms with Gasteiger partial charge in [0.1, 0.15) is 17.6 Å². The second-order valence-corrected chi connectivity index (χ2v) is 7.17. The summed E-state index contributed by atoms with van der Waals surface area (Å²) in [5, 5.41) is 2.77. The number of methoxy groups -OCH3 is 1. The van der Waals surface area contributed by atoms with Crippen molar-refractivity contribution in [2.24, 2.45) is 5.92 Å². The van der Waals surface area contributed by atoms with E-state index >= 15 is 0 Å². The molecule has 0 fully saturated rings. The molecule has 0 saturated heterocycles. The summed E-state index contributed by atoms with van der Waals surface area (Å²) in [6.45, 7) is 6.38. The minimum atomic E-state index is -0.506. The molecule has 2 amide bonds. The van der Waals surface area contributed by atoms with Gasteiger partial charge in [-0.2, -0.15) is 0 Å². The molecule has 0 saturated carbocycles. The van der Waals surface area contributed by atoms with Crippen molar-refractivity contribution in [3.63, 3.8) is 0 Å². The lowest BCUT2D eigenvalue weighted by Gasteiger charge is -2.31. The maximum Gasteiger partial charge on any atom is 0.245 e. The van der Waals surface area contributed by atoms with Crippen LogP contribution < -0.4 is 10.1 Å². The van der Waals surface area contributed by atoms with Crippen molar-refractivity contribution in [2.45, 2.75) is 39.8 Å². The third-order valence-electron chi connectivity index (χ3n) is 4.80. The fourth-order valence-corrected chi connectivity index (χ4v) is 3.30. The lowest BCUT2D eigenvalue weighted by molar-refractivity contribution is -0.138. The van der Waals surface area contributed by atoms with Crippen LogP contribution in [0, 0.1) is 5.92 Å². The van der Waals surface area contributed by atoms with E-state index in [1.54, 1.807) is 12.0 Å². The second-order valence-electron chi connectivity index (χ2n) is 7.17. The van der Waals surface area contributed by atoms with Crippen LogP contribution >= 0.6 is 0 Å². The van der Waals surface area contributed by atoms with Crippen LogP contribution in [0.3, 0.4) is 0 Å². The van der Waals surface area contributed by atoms with Gasteiger partial charge in [-0.1, -0.05) is 13.8 Å². The van der Waals surface area contributed by atoms with Gasteiger partial charge in [0.05, 0.1) is 25.0 Å². The number of hydrogen-bond acceptors (Lipinski definition) is 4. The van der Waals surface area contributed by atoms with E-state index in [0.717, 1.165) is 28.5 Å². The molecule has 1 aliphatic rings. The first-order chi connectivity index (χ1) is 12.9. The maximum atomic E-state index is 12.9. The quantitative estimate of drug-likeness (QED) is 0.844. The molecule has 2 heterocycles. The lowest BCUT2D eigenvalue weighted by Crippen LogP contribution is -2.51. The Labute approximate surface area is 159 Å². The van der Waals surface area contributed by atoms with Gasteiger partial charge in [0.25, 0.3) is 0 Å². The number of aromatic amines is 1. The number of nitrogens with one attached hydrogen (secondary N) is 2. The van der Waals surface area contributed by atoms with Gasteiger partial charge in [-0.3, -0.25) is 9.59 Å². The Balaban J connectivity index is 1.77. The van der Waals surface area contributed by atoms with Crippen LogP contribution in [0.2, 0.25) is 0 Å². The Hall–Kier alpha value is -2.83. The third kappa shape index (κ3) is 4.13. The molecular weight excluding hydrogens is 344 g/mol. The smallest absolute Gasteiger partial charge is 0.245 e. The molecule has 7 nitrogen and oxygen atoms in total. The van der Waals surface area contributed by atoms with Crippen LogP contribution in [0.1, 0.15) is 32.2 Å². The van der Waals surface area contributed by atoms with Gasteiger partial charge in [-0.25, -0.2) is 4.98 Å². The number of carbonyl (C=O) groups is 2. The number of ether oxygens (including phenoxy) is 1. The lowest BCUT2D eigenvalue weighted by atomic mass is 10.0. The van der Waals surface area contributed by atoms with E-state index in [4.69, 9.17) is 9.72 Å². The van der Waals surface area contributed by atoms with Crippen LogP contribution in [-0.2, 0) is 22.6 Å². The van der Waals surface area contributed by atoms with Gasteiger partial charge in [-0.05, 0) is 30.2 Å². The number of imidazole rings is 1. The summed E-state index contributed by atoms with van der Waals surface area (Å²) in [6.07, 6.45) is 0.693. The number of fused-ring (bicyclic) bond motifs is 1. The van der Waals surface area contributed by atoms with E-state index in [1.165, 1.54) is 6.92 Å². The summed E-state index contributed by atoms with van der Waals surface area (Å²) in [5.74, 6) is 1.37. The Morgan fingerprint density at radius 3 is 2.56 bits per heavy atom. The SMILES string of the molecule is COc1ccc(-c2nc3c([nH]2)CN(C(=O)C(NC(C)=O)C(C)C)CC3)cc1. The molecule has 3 rings (SSSR count). The van der Waals surface area contributed by atoms with E-state index in [2.05, 4.69) is 10.3 Å². The van der Waals surface area contributed by atoms with Gasteiger partial charge in [0.2, 0.25) is 11.8 Å². The fourth-order valence-electron chi connectivity index (χ4n) is 3.30. The maximum absolute atomic E-state index is 12.9. The molecule has 0 spiro atoms. The summed E-state index contributed by atoms with van der Waals surface area (Å²) >= 11 is 0. The number of H-pyrrole nitrogens is 1. The predicted molar refractivity (Wildman–Crippen MR) is 102 cm³/mol. The normalized spacial score (nSPS) is 14.6. The first-order valence-corrected chi connectivity index (χ1v) is 9.17. The summed E-state index contributed by atoms with van der Waals surface area (Å²) in [7, 11) is 1.64. The molecule has 1 aromatic carbocycles. The van der Waals surface area contributed by atoms with Crippen LogP contribution in [-0.4, -0.2) is 46.4 Å². The summed E-state index contributed by atoms with van der Waals surface area (Å²) < 4.78 is 5.19.